The van der Waals surface area contributed by atoms with E-state index in [2.05, 4.69) is 0 Å². The highest BCUT2D eigenvalue weighted by Gasteiger charge is 2.13. The average Bonchev–Trinajstić information content (AvgIpc) is 2.28. The van der Waals surface area contributed by atoms with Gasteiger partial charge >= 0.3 is 0 Å². The van der Waals surface area contributed by atoms with Gasteiger partial charge < -0.3 is 10.5 Å². The summed E-state index contributed by atoms with van der Waals surface area (Å²) in [4.78, 5) is 0. The highest BCUT2D eigenvalue weighted by atomic mass is 35.5. The Labute approximate surface area is 111 Å². The molecule has 0 aromatic heterocycles. The van der Waals surface area contributed by atoms with E-state index in [1.54, 1.807) is 25.1 Å². The Balaban J connectivity index is 2.80. The first-order valence-electron chi connectivity index (χ1n) is 5.33. The molecular formula is C11H15ClN2O3S. The van der Waals surface area contributed by atoms with E-state index in [1.165, 1.54) is 0 Å². The smallest absolute Gasteiger partial charge is 0.153 e. The van der Waals surface area contributed by atoms with Crippen LogP contribution in [-0.2, 0) is 9.84 Å². The van der Waals surface area contributed by atoms with Crippen LogP contribution >= 0.6 is 11.6 Å². The molecule has 1 aromatic carbocycles. The number of hydrogen-bond donors (Lipinski definition) is 2. The van der Waals surface area contributed by atoms with Gasteiger partial charge in [-0.15, -0.1) is 0 Å². The van der Waals surface area contributed by atoms with E-state index in [0.29, 0.717) is 10.8 Å². The van der Waals surface area contributed by atoms with Gasteiger partial charge in [0.25, 0.3) is 0 Å². The van der Waals surface area contributed by atoms with Crippen LogP contribution in [0.2, 0.25) is 5.02 Å². The normalized spacial score (nSPS) is 11.2. The molecule has 0 aliphatic carbocycles. The van der Waals surface area contributed by atoms with Gasteiger partial charge in [-0.1, -0.05) is 24.6 Å². The van der Waals surface area contributed by atoms with Gasteiger partial charge in [0.15, 0.2) is 9.84 Å². The van der Waals surface area contributed by atoms with E-state index in [1.807, 2.05) is 0 Å². The Kier molecular flexibility index (Phi) is 4.98. The Hall–Kier alpha value is -1.27. The molecule has 3 N–H and O–H groups in total. The molecule has 0 bridgehead atoms. The van der Waals surface area contributed by atoms with Crippen LogP contribution in [0.25, 0.3) is 0 Å². The van der Waals surface area contributed by atoms with E-state index < -0.39 is 9.84 Å². The molecule has 0 heterocycles. The Morgan fingerprint density at radius 1 is 1.50 bits per heavy atom. The summed E-state index contributed by atoms with van der Waals surface area (Å²) in [7, 11) is -3.08. The van der Waals surface area contributed by atoms with Crippen LogP contribution in [0.5, 0.6) is 5.75 Å². The molecule has 5 nitrogen and oxygen atoms in total. The molecule has 0 aliphatic rings. The predicted molar refractivity (Wildman–Crippen MR) is 72.3 cm³/mol. The second-order valence-corrected chi connectivity index (χ2v) is 6.49. The number of nitrogens with one attached hydrogen (secondary N) is 1. The van der Waals surface area contributed by atoms with Crippen LogP contribution in [-0.4, -0.2) is 32.4 Å². The van der Waals surface area contributed by atoms with Gasteiger partial charge in [-0.05, 0) is 12.1 Å². The van der Waals surface area contributed by atoms with Crippen molar-refractivity contribution in [2.75, 3.05) is 18.1 Å². The summed E-state index contributed by atoms with van der Waals surface area (Å²) >= 11 is 5.90. The van der Waals surface area contributed by atoms with Crippen molar-refractivity contribution in [3.05, 3.63) is 28.8 Å². The summed E-state index contributed by atoms with van der Waals surface area (Å²) < 4.78 is 27.9. The number of hydrogen-bond acceptors (Lipinski definition) is 4. The summed E-state index contributed by atoms with van der Waals surface area (Å²) in [6.45, 7) is 1.59. The number of nitrogens with two attached hydrogens (primary N) is 1. The second kappa shape index (κ2) is 6.06. The quantitative estimate of drug-likeness (QED) is 0.612. The third-order valence-electron chi connectivity index (χ3n) is 2.34. The van der Waals surface area contributed by atoms with Crippen molar-refractivity contribution in [3.8, 4) is 5.75 Å². The lowest BCUT2D eigenvalue weighted by atomic mass is 10.2. The number of rotatable bonds is 6. The van der Waals surface area contributed by atoms with E-state index >= 15 is 0 Å². The summed E-state index contributed by atoms with van der Waals surface area (Å²) in [6.07, 6.45) is 0. The maximum atomic E-state index is 11.3. The molecule has 1 rings (SSSR count). The number of benzene rings is 1. The SMILES string of the molecule is CCS(=O)(=O)CCOc1cccc(Cl)c1C(=N)N. The maximum Gasteiger partial charge on any atom is 0.153 e. The molecule has 0 unspecified atom stereocenters. The highest BCUT2D eigenvalue weighted by Crippen LogP contribution is 2.25. The lowest BCUT2D eigenvalue weighted by Gasteiger charge is -2.11. The monoisotopic (exact) mass is 290 g/mol. The van der Waals surface area contributed by atoms with Gasteiger partial charge in [-0.25, -0.2) is 8.42 Å². The lowest BCUT2D eigenvalue weighted by molar-refractivity contribution is 0.340. The first-order valence-corrected chi connectivity index (χ1v) is 7.53. The third kappa shape index (κ3) is 3.89. The molecule has 0 amide bonds. The fourth-order valence-electron chi connectivity index (χ4n) is 1.31. The molecule has 0 atom stereocenters. The van der Waals surface area contributed by atoms with Crippen molar-refractivity contribution in [2.24, 2.45) is 5.73 Å². The zero-order valence-corrected chi connectivity index (χ0v) is 11.5. The van der Waals surface area contributed by atoms with Crippen LogP contribution in [0.1, 0.15) is 12.5 Å². The lowest BCUT2D eigenvalue weighted by Crippen LogP contribution is -2.18. The molecule has 0 saturated carbocycles. The minimum Gasteiger partial charge on any atom is -0.492 e. The van der Waals surface area contributed by atoms with Crippen LogP contribution < -0.4 is 10.5 Å². The van der Waals surface area contributed by atoms with Crippen molar-refractivity contribution in [1.82, 2.24) is 0 Å². The summed E-state index contributed by atoms with van der Waals surface area (Å²) in [5, 5.41) is 7.71. The topological polar surface area (TPSA) is 93.2 Å². The number of ether oxygens (including phenoxy) is 1. The molecule has 18 heavy (non-hydrogen) atoms. The van der Waals surface area contributed by atoms with Crippen LogP contribution in [0.3, 0.4) is 0 Å². The molecule has 0 fully saturated rings. The fourth-order valence-corrected chi connectivity index (χ4v) is 2.20. The largest absolute Gasteiger partial charge is 0.492 e. The summed E-state index contributed by atoms with van der Waals surface area (Å²) in [5.41, 5.74) is 5.68. The van der Waals surface area contributed by atoms with E-state index in [4.69, 9.17) is 27.5 Å². The molecule has 0 aliphatic heterocycles. The summed E-state index contributed by atoms with van der Waals surface area (Å²) in [6, 6.07) is 4.84. The minimum atomic E-state index is -3.08. The first kappa shape index (κ1) is 14.8. The van der Waals surface area contributed by atoms with E-state index in [0.717, 1.165) is 0 Å². The number of nitrogen functional groups attached to an aromatic ring is 1. The van der Waals surface area contributed by atoms with Crippen LogP contribution in [0, 0.1) is 5.41 Å². The van der Waals surface area contributed by atoms with Gasteiger partial charge in [-0.2, -0.15) is 0 Å². The Morgan fingerprint density at radius 2 is 2.17 bits per heavy atom. The predicted octanol–water partition coefficient (Wildman–Crippen LogP) is 1.44. The van der Waals surface area contributed by atoms with Gasteiger partial charge in [-0.3, -0.25) is 5.41 Å². The fraction of sp³-hybridized carbons (Fsp3) is 0.364. The second-order valence-electron chi connectivity index (χ2n) is 3.61. The molecule has 0 radical (unpaired) electrons. The number of halogens is 1. The van der Waals surface area contributed by atoms with Crippen molar-refractivity contribution in [3.63, 3.8) is 0 Å². The van der Waals surface area contributed by atoms with Crippen molar-refractivity contribution < 1.29 is 13.2 Å². The van der Waals surface area contributed by atoms with Gasteiger partial charge in [0.05, 0.1) is 16.3 Å². The van der Waals surface area contributed by atoms with Gasteiger partial charge in [0, 0.05) is 5.75 Å². The Morgan fingerprint density at radius 3 is 2.72 bits per heavy atom. The van der Waals surface area contributed by atoms with Crippen molar-refractivity contribution in [1.29, 1.82) is 5.41 Å². The number of sulfone groups is 1. The maximum absolute atomic E-state index is 11.3. The summed E-state index contributed by atoms with van der Waals surface area (Å²) in [5.74, 6) is 0.106. The van der Waals surface area contributed by atoms with Crippen molar-refractivity contribution in [2.45, 2.75) is 6.92 Å². The first-order chi connectivity index (χ1) is 8.37. The number of amidine groups is 1. The van der Waals surface area contributed by atoms with Crippen LogP contribution in [0.15, 0.2) is 18.2 Å². The standard InChI is InChI=1S/C11H15ClN2O3S/c1-2-18(15,16)7-6-17-9-5-3-4-8(12)10(9)11(13)14/h3-5H,2,6-7H2,1H3,(H3,13,14). The highest BCUT2D eigenvalue weighted by molar-refractivity contribution is 7.91. The molecule has 0 saturated heterocycles. The molecule has 1 aromatic rings. The van der Waals surface area contributed by atoms with Gasteiger partial charge in [0.1, 0.15) is 18.2 Å². The minimum absolute atomic E-state index is 0.0107. The van der Waals surface area contributed by atoms with Crippen molar-refractivity contribution >= 4 is 27.3 Å². The molecule has 0 spiro atoms. The zero-order valence-electron chi connectivity index (χ0n) is 9.94. The van der Waals surface area contributed by atoms with E-state index in [9.17, 15) is 8.42 Å². The van der Waals surface area contributed by atoms with Crippen LogP contribution in [0.4, 0.5) is 0 Å². The van der Waals surface area contributed by atoms with Gasteiger partial charge in [0.2, 0.25) is 0 Å². The van der Waals surface area contributed by atoms with E-state index in [-0.39, 0.29) is 29.5 Å². The molecule has 100 valence electrons. The Bertz CT molecular complexity index is 543. The molecular weight excluding hydrogens is 276 g/mol. The zero-order chi connectivity index (χ0) is 13.8. The molecule has 7 heteroatoms. The average molecular weight is 291 g/mol. The third-order valence-corrected chi connectivity index (χ3v) is 4.32.